The number of carbonyl (C=O) groups is 3. The van der Waals surface area contributed by atoms with E-state index in [2.05, 4.69) is 5.32 Å². The number of nitrogens with zero attached hydrogens (tertiary/aromatic N) is 1. The fourth-order valence-corrected chi connectivity index (χ4v) is 4.14. The second-order valence-corrected chi connectivity index (χ2v) is 7.58. The zero-order valence-corrected chi connectivity index (χ0v) is 16.7. The van der Waals surface area contributed by atoms with Gasteiger partial charge in [0.15, 0.2) is 0 Å². The van der Waals surface area contributed by atoms with Gasteiger partial charge < -0.3 is 25.4 Å². The minimum Gasteiger partial charge on any atom is -0.466 e. The summed E-state index contributed by atoms with van der Waals surface area (Å²) in [6, 6.07) is 8.39. The van der Waals surface area contributed by atoms with Crippen LogP contribution in [0.4, 0.5) is 4.79 Å². The molecule has 1 saturated heterocycles. The van der Waals surface area contributed by atoms with E-state index >= 15 is 0 Å². The van der Waals surface area contributed by atoms with Crippen molar-refractivity contribution in [1.82, 2.24) is 10.2 Å². The summed E-state index contributed by atoms with van der Waals surface area (Å²) in [6.07, 6.45) is 1.77. The minimum absolute atomic E-state index is 0.0692. The first-order valence-electron chi connectivity index (χ1n) is 10.2. The summed E-state index contributed by atoms with van der Waals surface area (Å²) in [5.74, 6) is -0.915. The number of hydrogen-bond acceptors (Lipinski definition) is 6. The number of nitrogens with two attached hydrogens (primary N) is 1. The summed E-state index contributed by atoms with van der Waals surface area (Å²) >= 11 is 0. The van der Waals surface area contributed by atoms with Crippen LogP contribution in [0.3, 0.4) is 0 Å². The van der Waals surface area contributed by atoms with Crippen LogP contribution in [0.1, 0.15) is 38.2 Å². The van der Waals surface area contributed by atoms with Gasteiger partial charge in [-0.1, -0.05) is 30.3 Å². The van der Waals surface area contributed by atoms with E-state index < -0.39 is 18.1 Å². The van der Waals surface area contributed by atoms with E-state index in [1.54, 1.807) is 11.8 Å². The molecule has 1 heterocycles. The van der Waals surface area contributed by atoms with Crippen LogP contribution in [-0.4, -0.2) is 54.1 Å². The van der Waals surface area contributed by atoms with Gasteiger partial charge in [0, 0.05) is 18.6 Å². The molecule has 0 bridgehead atoms. The number of amides is 2. The van der Waals surface area contributed by atoms with Crippen LogP contribution in [0.5, 0.6) is 0 Å². The number of alkyl carbamates (subject to hydrolysis) is 1. The molecule has 2 aliphatic rings. The highest BCUT2D eigenvalue weighted by Gasteiger charge is 2.44. The van der Waals surface area contributed by atoms with E-state index in [0.29, 0.717) is 32.4 Å². The van der Waals surface area contributed by atoms with Gasteiger partial charge in [0.1, 0.15) is 12.6 Å². The number of likely N-dealkylation sites (tertiary alicyclic amines) is 1. The van der Waals surface area contributed by atoms with Crippen LogP contribution in [0, 0.1) is 5.92 Å². The number of carbonyl (C=O) groups excluding carboxylic acids is 3. The molecular weight excluding hydrogens is 374 g/mol. The summed E-state index contributed by atoms with van der Waals surface area (Å²) in [7, 11) is 0. The highest BCUT2D eigenvalue weighted by atomic mass is 16.5. The fraction of sp³-hybridized carbons (Fsp3) is 0.571. The molecule has 3 rings (SSSR count). The highest BCUT2D eigenvalue weighted by Crippen LogP contribution is 2.32. The number of benzene rings is 1. The lowest BCUT2D eigenvalue weighted by Crippen LogP contribution is -2.52. The maximum Gasteiger partial charge on any atom is 0.408 e. The molecular formula is C21H29N3O5. The van der Waals surface area contributed by atoms with Crippen molar-refractivity contribution in [3.63, 3.8) is 0 Å². The second-order valence-electron chi connectivity index (χ2n) is 7.58. The van der Waals surface area contributed by atoms with Gasteiger partial charge in [-0.05, 0) is 38.2 Å². The molecule has 1 aromatic carbocycles. The van der Waals surface area contributed by atoms with Crippen LogP contribution in [0.15, 0.2) is 30.3 Å². The standard InChI is InChI=1S/C21H29N3O5/c1-2-28-20(26)16-12-15(22)8-9-18(16)24-11-10-17(19(24)25)23-21(27)29-13-14-6-4-3-5-7-14/h3-7,15-18H,2,8-13,22H2,1H3,(H,23,27)/t15-,16+,17+,18+/m1/s1. The molecule has 0 spiro atoms. The summed E-state index contributed by atoms with van der Waals surface area (Å²) < 4.78 is 10.4. The van der Waals surface area contributed by atoms with Crippen molar-refractivity contribution in [2.24, 2.45) is 11.7 Å². The van der Waals surface area contributed by atoms with Crippen LogP contribution in [0.2, 0.25) is 0 Å². The van der Waals surface area contributed by atoms with Gasteiger partial charge in [-0.15, -0.1) is 0 Å². The largest absolute Gasteiger partial charge is 0.466 e. The molecule has 2 amide bonds. The van der Waals surface area contributed by atoms with Crippen LogP contribution in [-0.2, 0) is 25.7 Å². The van der Waals surface area contributed by atoms with Gasteiger partial charge in [-0.2, -0.15) is 0 Å². The van der Waals surface area contributed by atoms with Crippen molar-refractivity contribution in [2.45, 2.75) is 57.3 Å². The second kappa shape index (κ2) is 9.73. The molecule has 0 unspecified atom stereocenters. The van der Waals surface area contributed by atoms with Crippen molar-refractivity contribution in [1.29, 1.82) is 0 Å². The molecule has 158 valence electrons. The molecule has 29 heavy (non-hydrogen) atoms. The maximum absolute atomic E-state index is 12.9. The number of nitrogens with one attached hydrogen (secondary N) is 1. The first kappa shape index (κ1) is 21.1. The van der Waals surface area contributed by atoms with E-state index in [1.807, 2.05) is 30.3 Å². The Balaban J connectivity index is 1.56. The van der Waals surface area contributed by atoms with Crippen molar-refractivity contribution in [3.8, 4) is 0 Å². The Bertz CT molecular complexity index is 726. The van der Waals surface area contributed by atoms with Crippen LogP contribution >= 0.6 is 0 Å². The molecule has 0 radical (unpaired) electrons. The molecule has 3 N–H and O–H groups in total. The van der Waals surface area contributed by atoms with E-state index in [4.69, 9.17) is 15.2 Å². The third-order valence-electron chi connectivity index (χ3n) is 5.59. The first-order chi connectivity index (χ1) is 14.0. The van der Waals surface area contributed by atoms with Crippen molar-refractivity contribution in [2.75, 3.05) is 13.2 Å². The average Bonchev–Trinajstić information content (AvgIpc) is 3.07. The highest BCUT2D eigenvalue weighted by molar-refractivity contribution is 5.88. The smallest absolute Gasteiger partial charge is 0.408 e. The normalized spacial score (nSPS) is 26.8. The molecule has 2 fully saturated rings. The van der Waals surface area contributed by atoms with Gasteiger partial charge in [0.25, 0.3) is 0 Å². The minimum atomic E-state index is -0.642. The summed E-state index contributed by atoms with van der Waals surface area (Å²) in [6.45, 7) is 2.68. The zero-order chi connectivity index (χ0) is 20.8. The monoisotopic (exact) mass is 403 g/mol. The molecule has 1 aliphatic carbocycles. The Morgan fingerprint density at radius 2 is 1.93 bits per heavy atom. The molecule has 8 nitrogen and oxygen atoms in total. The Morgan fingerprint density at radius 1 is 1.17 bits per heavy atom. The zero-order valence-electron chi connectivity index (χ0n) is 16.7. The van der Waals surface area contributed by atoms with Crippen molar-refractivity contribution >= 4 is 18.0 Å². The van der Waals surface area contributed by atoms with Crippen molar-refractivity contribution in [3.05, 3.63) is 35.9 Å². The van der Waals surface area contributed by atoms with Gasteiger partial charge in [0.2, 0.25) is 5.91 Å². The topological polar surface area (TPSA) is 111 Å². The predicted octanol–water partition coefficient (Wildman–Crippen LogP) is 1.57. The molecule has 1 aliphatic heterocycles. The molecule has 1 aromatic rings. The summed E-state index contributed by atoms with van der Waals surface area (Å²) in [5.41, 5.74) is 6.92. The summed E-state index contributed by atoms with van der Waals surface area (Å²) in [5, 5.41) is 2.65. The lowest BCUT2D eigenvalue weighted by atomic mass is 9.81. The number of hydrogen-bond donors (Lipinski definition) is 2. The first-order valence-corrected chi connectivity index (χ1v) is 10.2. The van der Waals surface area contributed by atoms with E-state index in [0.717, 1.165) is 12.0 Å². The SMILES string of the molecule is CCOC(=O)[C@H]1C[C@H](N)CC[C@@H]1N1CC[C@H](NC(=O)OCc2ccccc2)C1=O. The van der Waals surface area contributed by atoms with Gasteiger partial charge in [-0.25, -0.2) is 4.79 Å². The lowest BCUT2D eigenvalue weighted by molar-refractivity contribution is -0.153. The Kier molecular flexibility index (Phi) is 7.09. The number of esters is 1. The van der Waals surface area contributed by atoms with Gasteiger partial charge in [0.05, 0.1) is 12.5 Å². The number of rotatable bonds is 6. The molecule has 1 saturated carbocycles. The molecule has 4 atom stereocenters. The van der Waals surface area contributed by atoms with E-state index in [9.17, 15) is 14.4 Å². The fourth-order valence-electron chi connectivity index (χ4n) is 4.14. The maximum atomic E-state index is 12.9. The Hall–Kier alpha value is -2.61. The quantitative estimate of drug-likeness (QED) is 0.698. The van der Waals surface area contributed by atoms with Crippen molar-refractivity contribution < 1.29 is 23.9 Å². The Morgan fingerprint density at radius 3 is 2.66 bits per heavy atom. The number of ether oxygens (including phenoxy) is 2. The van der Waals surface area contributed by atoms with E-state index in [-0.39, 0.29) is 30.6 Å². The van der Waals surface area contributed by atoms with E-state index in [1.165, 1.54) is 0 Å². The predicted molar refractivity (Wildman–Crippen MR) is 106 cm³/mol. The molecule has 0 aromatic heterocycles. The van der Waals surface area contributed by atoms with Gasteiger partial charge >= 0.3 is 12.1 Å². The average molecular weight is 403 g/mol. The van der Waals surface area contributed by atoms with Gasteiger partial charge in [-0.3, -0.25) is 9.59 Å². The lowest BCUT2D eigenvalue weighted by Gasteiger charge is -2.38. The third kappa shape index (κ3) is 5.26. The Labute approximate surface area is 170 Å². The molecule has 8 heteroatoms. The summed E-state index contributed by atoms with van der Waals surface area (Å²) in [4.78, 5) is 39.1. The van der Waals surface area contributed by atoms with Crippen LogP contribution < -0.4 is 11.1 Å². The third-order valence-corrected chi connectivity index (χ3v) is 5.59. The van der Waals surface area contributed by atoms with Crippen LogP contribution in [0.25, 0.3) is 0 Å².